The van der Waals surface area contributed by atoms with Gasteiger partial charge in [0.25, 0.3) is 0 Å². The van der Waals surface area contributed by atoms with E-state index < -0.39 is 0 Å². The van der Waals surface area contributed by atoms with E-state index in [4.69, 9.17) is 4.98 Å². The number of hydrogen-bond acceptors (Lipinski definition) is 5. The van der Waals surface area contributed by atoms with Gasteiger partial charge in [-0.3, -0.25) is 14.8 Å². The molecule has 0 radical (unpaired) electrons. The third kappa shape index (κ3) is 3.94. The molecule has 160 valence electrons. The zero-order chi connectivity index (χ0) is 22.3. The van der Waals surface area contributed by atoms with Crippen LogP contribution in [0.3, 0.4) is 0 Å². The van der Waals surface area contributed by atoms with Crippen LogP contribution < -0.4 is 5.32 Å². The number of H-pyrrole nitrogens is 2. The Bertz CT molecular complexity index is 1410. The van der Waals surface area contributed by atoms with Crippen LogP contribution in [0.15, 0.2) is 55.2 Å². The lowest BCUT2D eigenvalue weighted by Crippen LogP contribution is -2.19. The van der Waals surface area contributed by atoms with E-state index >= 15 is 0 Å². The molecule has 0 unspecified atom stereocenters. The molecule has 32 heavy (non-hydrogen) atoms. The minimum absolute atomic E-state index is 0.0350. The fraction of sp³-hybridized carbons (Fsp3) is 0.208. The lowest BCUT2D eigenvalue weighted by Gasteiger charge is -2.17. The zero-order valence-electron chi connectivity index (χ0n) is 18.1. The second-order valence-corrected chi connectivity index (χ2v) is 9.02. The highest BCUT2D eigenvalue weighted by Crippen LogP contribution is 2.30. The lowest BCUT2D eigenvalue weighted by atomic mass is 9.92. The van der Waals surface area contributed by atoms with Crippen LogP contribution in [0.2, 0.25) is 0 Å². The summed E-state index contributed by atoms with van der Waals surface area (Å²) < 4.78 is 0. The van der Waals surface area contributed by atoms with Crippen molar-refractivity contribution in [2.24, 2.45) is 5.41 Å². The third-order valence-electron chi connectivity index (χ3n) is 5.07. The Kier molecular flexibility index (Phi) is 4.70. The molecular weight excluding hydrogens is 402 g/mol. The molecule has 0 spiro atoms. The maximum atomic E-state index is 12.3. The van der Waals surface area contributed by atoms with Crippen LogP contribution in [0.1, 0.15) is 27.2 Å². The van der Waals surface area contributed by atoms with Crippen molar-refractivity contribution in [3.8, 4) is 22.6 Å². The standard InChI is InChI=1S/C24H23N7O/c1-24(2,3)9-21(32)28-15-8-14(10-26-11-15)17-4-5-19-22(29-17)16(12-27-19)23-30-18-6-7-25-13-20(18)31-23/h4-8,10-13,27H,9H2,1-3H3,(H,28,32)(H,30,31). The highest BCUT2D eigenvalue weighted by molar-refractivity contribution is 5.94. The molecule has 5 rings (SSSR count). The van der Waals surface area contributed by atoms with Gasteiger partial charge in [0, 0.05) is 30.6 Å². The summed E-state index contributed by atoms with van der Waals surface area (Å²) in [6.07, 6.45) is 9.18. The van der Waals surface area contributed by atoms with E-state index in [-0.39, 0.29) is 11.3 Å². The van der Waals surface area contributed by atoms with Gasteiger partial charge in [0.1, 0.15) is 11.3 Å². The van der Waals surface area contributed by atoms with E-state index in [0.29, 0.717) is 12.1 Å². The summed E-state index contributed by atoms with van der Waals surface area (Å²) in [5.74, 6) is 0.692. The van der Waals surface area contributed by atoms with Crippen molar-refractivity contribution in [3.63, 3.8) is 0 Å². The van der Waals surface area contributed by atoms with E-state index in [2.05, 4.69) is 30.2 Å². The number of carbonyl (C=O) groups is 1. The molecule has 0 atom stereocenters. The van der Waals surface area contributed by atoms with Gasteiger partial charge in [0.15, 0.2) is 0 Å². The van der Waals surface area contributed by atoms with E-state index in [1.807, 2.05) is 51.2 Å². The van der Waals surface area contributed by atoms with Crippen molar-refractivity contribution in [1.82, 2.24) is 29.9 Å². The van der Waals surface area contributed by atoms with Gasteiger partial charge in [-0.25, -0.2) is 9.97 Å². The molecule has 0 aliphatic heterocycles. The highest BCUT2D eigenvalue weighted by atomic mass is 16.1. The van der Waals surface area contributed by atoms with Crippen molar-refractivity contribution in [2.45, 2.75) is 27.2 Å². The van der Waals surface area contributed by atoms with Crippen LogP contribution in [0.25, 0.3) is 44.7 Å². The van der Waals surface area contributed by atoms with Gasteiger partial charge in [-0.15, -0.1) is 0 Å². The van der Waals surface area contributed by atoms with E-state index in [1.54, 1.807) is 24.8 Å². The Hall–Kier alpha value is -4.07. The predicted molar refractivity (Wildman–Crippen MR) is 125 cm³/mol. The molecule has 3 N–H and O–H groups in total. The molecule has 5 aromatic rings. The topological polar surface area (TPSA) is 112 Å². The Morgan fingerprint density at radius 2 is 1.91 bits per heavy atom. The van der Waals surface area contributed by atoms with Crippen LogP contribution in [-0.2, 0) is 4.79 Å². The summed E-state index contributed by atoms with van der Waals surface area (Å²) in [4.78, 5) is 36.9. The average Bonchev–Trinajstić information content (AvgIpc) is 3.35. The molecule has 0 saturated heterocycles. The van der Waals surface area contributed by atoms with Gasteiger partial charge in [0.05, 0.1) is 45.9 Å². The number of rotatable bonds is 4. The van der Waals surface area contributed by atoms with Crippen molar-refractivity contribution in [2.75, 3.05) is 5.32 Å². The smallest absolute Gasteiger partial charge is 0.224 e. The van der Waals surface area contributed by atoms with Crippen LogP contribution >= 0.6 is 0 Å². The Labute approximate surface area is 184 Å². The molecule has 5 aromatic heterocycles. The summed E-state index contributed by atoms with van der Waals surface area (Å²) in [6.45, 7) is 6.11. The van der Waals surface area contributed by atoms with E-state index in [0.717, 1.165) is 44.7 Å². The van der Waals surface area contributed by atoms with Crippen molar-refractivity contribution in [1.29, 1.82) is 0 Å². The third-order valence-corrected chi connectivity index (χ3v) is 5.07. The fourth-order valence-corrected chi connectivity index (χ4v) is 3.66. The number of nitrogens with one attached hydrogen (secondary N) is 3. The first kappa shape index (κ1) is 19.9. The molecule has 8 nitrogen and oxygen atoms in total. The van der Waals surface area contributed by atoms with Gasteiger partial charge in [-0.2, -0.15) is 0 Å². The summed E-state index contributed by atoms with van der Waals surface area (Å²) in [5.41, 5.74) is 6.45. The van der Waals surface area contributed by atoms with Gasteiger partial charge in [-0.05, 0) is 29.7 Å². The molecule has 0 bridgehead atoms. The molecule has 0 fully saturated rings. The number of carbonyl (C=O) groups excluding carboxylic acids is 1. The number of aromatic nitrogens is 6. The maximum Gasteiger partial charge on any atom is 0.224 e. The van der Waals surface area contributed by atoms with E-state index in [9.17, 15) is 4.79 Å². The van der Waals surface area contributed by atoms with Gasteiger partial charge >= 0.3 is 0 Å². The zero-order valence-corrected chi connectivity index (χ0v) is 18.1. The first-order valence-electron chi connectivity index (χ1n) is 10.4. The normalized spacial score (nSPS) is 11.8. The van der Waals surface area contributed by atoms with Crippen molar-refractivity contribution in [3.05, 3.63) is 55.2 Å². The quantitative estimate of drug-likeness (QED) is 0.378. The first-order chi connectivity index (χ1) is 15.4. The molecule has 0 aliphatic rings. The molecule has 1 amide bonds. The number of hydrogen-bond donors (Lipinski definition) is 3. The SMILES string of the molecule is CC(C)(C)CC(=O)Nc1cncc(-c2ccc3[nH]cc(-c4nc5cnccc5[nH]4)c3n2)c1. The van der Waals surface area contributed by atoms with E-state index in [1.165, 1.54) is 0 Å². The summed E-state index contributed by atoms with van der Waals surface area (Å²) in [6, 6.07) is 7.70. The molecule has 0 aromatic carbocycles. The Morgan fingerprint density at radius 1 is 1.03 bits per heavy atom. The second kappa shape index (κ2) is 7.56. The summed E-state index contributed by atoms with van der Waals surface area (Å²) in [7, 11) is 0. The van der Waals surface area contributed by atoms with Crippen molar-refractivity contribution < 1.29 is 4.79 Å². The van der Waals surface area contributed by atoms with Crippen LogP contribution in [0.4, 0.5) is 5.69 Å². The number of nitrogens with zero attached hydrogens (tertiary/aromatic N) is 4. The largest absolute Gasteiger partial charge is 0.359 e. The highest BCUT2D eigenvalue weighted by Gasteiger charge is 2.17. The second-order valence-electron chi connectivity index (χ2n) is 9.02. The van der Waals surface area contributed by atoms with Crippen LogP contribution in [0, 0.1) is 5.41 Å². The average molecular weight is 425 g/mol. The van der Waals surface area contributed by atoms with Gasteiger partial charge < -0.3 is 15.3 Å². The lowest BCUT2D eigenvalue weighted by molar-refractivity contribution is -0.117. The number of amides is 1. The predicted octanol–water partition coefficient (Wildman–Crippen LogP) is 4.94. The molecule has 0 aliphatic carbocycles. The fourth-order valence-electron chi connectivity index (χ4n) is 3.66. The summed E-state index contributed by atoms with van der Waals surface area (Å²) in [5, 5.41) is 2.94. The van der Waals surface area contributed by atoms with Gasteiger partial charge in [-0.1, -0.05) is 20.8 Å². The molecule has 0 saturated carbocycles. The summed E-state index contributed by atoms with van der Waals surface area (Å²) >= 11 is 0. The number of imidazole rings is 1. The molecule has 8 heteroatoms. The Morgan fingerprint density at radius 3 is 2.72 bits per heavy atom. The van der Waals surface area contributed by atoms with Crippen LogP contribution in [0.5, 0.6) is 0 Å². The van der Waals surface area contributed by atoms with Crippen molar-refractivity contribution >= 4 is 33.7 Å². The first-order valence-corrected chi connectivity index (χ1v) is 10.4. The molecule has 5 heterocycles. The monoisotopic (exact) mass is 425 g/mol. The minimum atomic E-state index is -0.0842. The molecular formula is C24H23N7O. The minimum Gasteiger partial charge on any atom is -0.359 e. The Balaban J connectivity index is 1.49. The number of aromatic amines is 2. The maximum absolute atomic E-state index is 12.3. The number of pyridine rings is 3. The number of fused-ring (bicyclic) bond motifs is 2. The van der Waals surface area contributed by atoms with Crippen LogP contribution in [-0.4, -0.2) is 35.8 Å². The number of anilines is 1. The van der Waals surface area contributed by atoms with Gasteiger partial charge in [0.2, 0.25) is 5.91 Å².